The van der Waals surface area contributed by atoms with E-state index >= 15 is 0 Å². The van der Waals surface area contributed by atoms with E-state index in [9.17, 15) is 5.11 Å². The molecular formula is C15H22O. The summed E-state index contributed by atoms with van der Waals surface area (Å²) in [5.41, 5.74) is 4.01. The number of hydrogen-bond donors (Lipinski definition) is 1. The normalized spacial score (nSPS) is 26.4. The van der Waals surface area contributed by atoms with Gasteiger partial charge in [0, 0.05) is 5.92 Å². The van der Waals surface area contributed by atoms with Gasteiger partial charge in [-0.3, -0.25) is 0 Å². The molecule has 2 rings (SSSR count). The average Bonchev–Trinajstić information content (AvgIpc) is 2.44. The zero-order valence-corrected chi connectivity index (χ0v) is 10.4. The van der Waals surface area contributed by atoms with Gasteiger partial charge in [-0.05, 0) is 37.8 Å². The fourth-order valence-corrected chi connectivity index (χ4v) is 2.89. The van der Waals surface area contributed by atoms with E-state index in [1.165, 1.54) is 36.0 Å². The van der Waals surface area contributed by atoms with Gasteiger partial charge < -0.3 is 5.11 Å². The van der Waals surface area contributed by atoms with Gasteiger partial charge in [0.05, 0.1) is 6.10 Å². The minimum absolute atomic E-state index is 0.135. The third kappa shape index (κ3) is 2.46. The van der Waals surface area contributed by atoms with Gasteiger partial charge in [0.1, 0.15) is 0 Å². The first-order valence-corrected chi connectivity index (χ1v) is 6.43. The van der Waals surface area contributed by atoms with Crippen LogP contribution in [0, 0.1) is 13.8 Å². The van der Waals surface area contributed by atoms with Crippen molar-refractivity contribution in [3.63, 3.8) is 0 Å². The number of aryl methyl sites for hydroxylation is 2. The van der Waals surface area contributed by atoms with E-state index in [-0.39, 0.29) is 6.10 Å². The second kappa shape index (κ2) is 5.01. The van der Waals surface area contributed by atoms with E-state index in [4.69, 9.17) is 0 Å². The lowest BCUT2D eigenvalue weighted by Gasteiger charge is -2.22. The lowest BCUT2D eigenvalue weighted by Crippen LogP contribution is -2.17. The van der Waals surface area contributed by atoms with Crippen LogP contribution in [0.3, 0.4) is 0 Å². The van der Waals surface area contributed by atoms with Crippen LogP contribution in [-0.4, -0.2) is 11.2 Å². The van der Waals surface area contributed by atoms with Crippen molar-refractivity contribution in [3.8, 4) is 0 Å². The third-order valence-corrected chi connectivity index (χ3v) is 3.80. The number of aliphatic hydroxyl groups is 1. The summed E-state index contributed by atoms with van der Waals surface area (Å²) in [5, 5.41) is 10.2. The van der Waals surface area contributed by atoms with Crippen molar-refractivity contribution in [2.24, 2.45) is 0 Å². The number of hydrogen-bond acceptors (Lipinski definition) is 1. The first-order chi connectivity index (χ1) is 7.68. The van der Waals surface area contributed by atoms with Gasteiger partial charge in [-0.15, -0.1) is 0 Å². The molecule has 1 aromatic rings. The van der Waals surface area contributed by atoms with Gasteiger partial charge in [0.2, 0.25) is 0 Å². The van der Waals surface area contributed by atoms with Gasteiger partial charge in [0.15, 0.2) is 0 Å². The van der Waals surface area contributed by atoms with E-state index in [1.807, 2.05) is 0 Å². The van der Waals surface area contributed by atoms with Crippen molar-refractivity contribution < 1.29 is 5.11 Å². The van der Waals surface area contributed by atoms with Crippen LogP contribution < -0.4 is 0 Å². The first kappa shape index (κ1) is 11.7. The zero-order valence-electron chi connectivity index (χ0n) is 10.4. The summed E-state index contributed by atoms with van der Waals surface area (Å²) in [4.78, 5) is 0. The smallest absolute Gasteiger partial charge is 0.0608 e. The highest BCUT2D eigenvalue weighted by molar-refractivity contribution is 5.33. The molecule has 1 aliphatic carbocycles. The molecular weight excluding hydrogens is 196 g/mol. The maximum absolute atomic E-state index is 10.2. The lowest BCUT2D eigenvalue weighted by atomic mass is 9.86. The Hall–Kier alpha value is -0.820. The minimum Gasteiger partial charge on any atom is -0.392 e. The van der Waals surface area contributed by atoms with Crippen molar-refractivity contribution in [1.29, 1.82) is 0 Å². The quantitative estimate of drug-likeness (QED) is 0.712. The molecule has 1 fully saturated rings. The molecule has 0 spiro atoms. The Bertz CT molecular complexity index is 356. The molecule has 0 bridgehead atoms. The monoisotopic (exact) mass is 218 g/mol. The highest BCUT2D eigenvalue weighted by Gasteiger charge is 2.24. The maximum atomic E-state index is 10.2. The van der Waals surface area contributed by atoms with Crippen molar-refractivity contribution in [3.05, 3.63) is 34.9 Å². The standard InChI is InChI=1S/C15H22O/c1-11-8-9-13(12(2)10-11)14-6-4-3-5-7-15(14)16/h8-10,14-16H,3-7H2,1-2H3. The van der Waals surface area contributed by atoms with Gasteiger partial charge in [-0.25, -0.2) is 0 Å². The largest absolute Gasteiger partial charge is 0.392 e. The summed E-state index contributed by atoms with van der Waals surface area (Å²) in [6, 6.07) is 6.61. The molecule has 2 unspecified atom stereocenters. The molecule has 1 aliphatic rings. The van der Waals surface area contributed by atoms with Gasteiger partial charge in [-0.1, -0.05) is 43.0 Å². The molecule has 1 saturated carbocycles. The predicted molar refractivity (Wildman–Crippen MR) is 67.7 cm³/mol. The van der Waals surface area contributed by atoms with Crippen LogP contribution in [0.4, 0.5) is 0 Å². The average molecular weight is 218 g/mol. The SMILES string of the molecule is Cc1ccc(C2CCCCCC2O)c(C)c1. The molecule has 1 aromatic carbocycles. The Balaban J connectivity index is 2.27. The fourth-order valence-electron chi connectivity index (χ4n) is 2.89. The summed E-state index contributed by atoms with van der Waals surface area (Å²) < 4.78 is 0. The topological polar surface area (TPSA) is 20.2 Å². The molecule has 1 heteroatoms. The summed E-state index contributed by atoms with van der Waals surface area (Å²) in [5.74, 6) is 0.364. The van der Waals surface area contributed by atoms with E-state index in [1.54, 1.807) is 0 Å². The molecule has 0 aliphatic heterocycles. The van der Waals surface area contributed by atoms with E-state index in [0.29, 0.717) is 5.92 Å². The van der Waals surface area contributed by atoms with Crippen LogP contribution >= 0.6 is 0 Å². The third-order valence-electron chi connectivity index (χ3n) is 3.80. The van der Waals surface area contributed by atoms with Gasteiger partial charge >= 0.3 is 0 Å². The Labute approximate surface area is 98.5 Å². The van der Waals surface area contributed by atoms with Crippen molar-refractivity contribution in [2.75, 3.05) is 0 Å². The highest BCUT2D eigenvalue weighted by atomic mass is 16.3. The van der Waals surface area contributed by atoms with Crippen LogP contribution in [0.15, 0.2) is 18.2 Å². The minimum atomic E-state index is -0.135. The maximum Gasteiger partial charge on any atom is 0.0608 e. The molecule has 0 heterocycles. The van der Waals surface area contributed by atoms with Gasteiger partial charge in [0.25, 0.3) is 0 Å². The Kier molecular flexibility index (Phi) is 3.65. The molecule has 88 valence electrons. The summed E-state index contributed by atoms with van der Waals surface area (Å²) in [6.07, 6.45) is 5.70. The number of rotatable bonds is 1. The highest BCUT2D eigenvalue weighted by Crippen LogP contribution is 2.33. The molecule has 0 amide bonds. The summed E-state index contributed by atoms with van der Waals surface area (Å²) in [7, 11) is 0. The lowest BCUT2D eigenvalue weighted by molar-refractivity contribution is 0.135. The fraction of sp³-hybridized carbons (Fsp3) is 0.600. The van der Waals surface area contributed by atoms with Gasteiger partial charge in [-0.2, -0.15) is 0 Å². The second-order valence-corrected chi connectivity index (χ2v) is 5.17. The second-order valence-electron chi connectivity index (χ2n) is 5.17. The van der Waals surface area contributed by atoms with Crippen molar-refractivity contribution >= 4 is 0 Å². The first-order valence-electron chi connectivity index (χ1n) is 6.43. The summed E-state index contributed by atoms with van der Waals surface area (Å²) in [6.45, 7) is 4.29. The van der Waals surface area contributed by atoms with Crippen LogP contribution in [0.1, 0.15) is 54.7 Å². The molecule has 16 heavy (non-hydrogen) atoms. The van der Waals surface area contributed by atoms with Crippen molar-refractivity contribution in [2.45, 2.75) is 58.0 Å². The van der Waals surface area contributed by atoms with Crippen LogP contribution in [-0.2, 0) is 0 Å². The predicted octanol–water partition coefficient (Wildman–Crippen LogP) is 3.71. The van der Waals surface area contributed by atoms with E-state index in [2.05, 4.69) is 32.0 Å². The van der Waals surface area contributed by atoms with Crippen LogP contribution in [0.5, 0.6) is 0 Å². The number of aliphatic hydroxyl groups excluding tert-OH is 1. The Morgan fingerprint density at radius 1 is 1.06 bits per heavy atom. The zero-order chi connectivity index (χ0) is 11.5. The Morgan fingerprint density at radius 2 is 1.81 bits per heavy atom. The molecule has 1 N–H and O–H groups in total. The van der Waals surface area contributed by atoms with Crippen LogP contribution in [0.2, 0.25) is 0 Å². The van der Waals surface area contributed by atoms with E-state index < -0.39 is 0 Å². The van der Waals surface area contributed by atoms with E-state index in [0.717, 1.165) is 12.8 Å². The molecule has 0 aromatic heterocycles. The molecule has 0 saturated heterocycles. The molecule has 1 nitrogen and oxygen atoms in total. The summed E-state index contributed by atoms with van der Waals surface area (Å²) >= 11 is 0. The molecule has 2 atom stereocenters. The van der Waals surface area contributed by atoms with Crippen LogP contribution in [0.25, 0.3) is 0 Å². The Morgan fingerprint density at radius 3 is 2.56 bits per heavy atom. The number of benzene rings is 1. The molecule has 0 radical (unpaired) electrons. The van der Waals surface area contributed by atoms with Crippen molar-refractivity contribution in [1.82, 2.24) is 0 Å².